The first kappa shape index (κ1) is 12.9. The van der Waals surface area contributed by atoms with Gasteiger partial charge in [-0.25, -0.2) is 0 Å². The van der Waals surface area contributed by atoms with Gasteiger partial charge in [-0.05, 0) is 39.5 Å². The lowest BCUT2D eigenvalue weighted by Gasteiger charge is -2.20. The van der Waals surface area contributed by atoms with Crippen LogP contribution in [0.2, 0.25) is 0 Å². The third kappa shape index (κ3) is 8.22. The Balaban J connectivity index is 0.000000252. The molecule has 1 rings (SSSR count). The van der Waals surface area contributed by atoms with Crippen molar-refractivity contribution in [3.05, 3.63) is 0 Å². The molecule has 0 bridgehead atoms. The van der Waals surface area contributed by atoms with Crippen molar-refractivity contribution in [1.29, 1.82) is 0 Å². The molecule has 0 unspecified atom stereocenters. The summed E-state index contributed by atoms with van der Waals surface area (Å²) in [6.45, 7) is 5.67. The summed E-state index contributed by atoms with van der Waals surface area (Å²) in [5, 5.41) is 17.8. The summed E-state index contributed by atoms with van der Waals surface area (Å²) in [5.41, 5.74) is 0. The first-order valence-electron chi connectivity index (χ1n) is 5.14. The maximum atomic E-state index is 8.92. The molecule has 0 aromatic heterocycles. The van der Waals surface area contributed by atoms with Gasteiger partial charge >= 0.3 is 0 Å². The Labute approximate surface area is 80.7 Å². The van der Waals surface area contributed by atoms with Crippen molar-refractivity contribution in [3.8, 4) is 0 Å². The third-order valence-corrected chi connectivity index (χ3v) is 2.07. The topological polar surface area (TPSA) is 49.7 Å². The van der Waals surface area contributed by atoms with Crippen molar-refractivity contribution in [2.24, 2.45) is 0 Å². The molecule has 80 valence electrons. The summed E-state index contributed by atoms with van der Waals surface area (Å²) < 4.78 is 4.83. The zero-order valence-electron chi connectivity index (χ0n) is 8.70. The lowest BCUT2D eigenvalue weighted by atomic mass is 9.95. The maximum Gasteiger partial charge on any atom is 0.0542 e. The molecule has 3 nitrogen and oxygen atoms in total. The van der Waals surface area contributed by atoms with E-state index in [-0.39, 0.29) is 12.2 Å². The van der Waals surface area contributed by atoms with E-state index in [2.05, 4.69) is 0 Å². The van der Waals surface area contributed by atoms with Gasteiger partial charge in [0.25, 0.3) is 0 Å². The van der Waals surface area contributed by atoms with Crippen LogP contribution in [0, 0.1) is 0 Å². The fourth-order valence-electron chi connectivity index (χ4n) is 1.26. The second-order valence-corrected chi connectivity index (χ2v) is 3.24. The number of hydrogen-bond donors (Lipinski definition) is 2. The smallest absolute Gasteiger partial charge is 0.0542 e. The molecule has 1 fully saturated rings. The summed E-state index contributed by atoms with van der Waals surface area (Å²) in [6.07, 6.45) is 2.83. The van der Waals surface area contributed by atoms with Crippen LogP contribution in [0.4, 0.5) is 0 Å². The quantitative estimate of drug-likeness (QED) is 0.690. The summed E-state index contributed by atoms with van der Waals surface area (Å²) in [7, 11) is 0. The highest BCUT2D eigenvalue weighted by molar-refractivity contribution is 4.69. The van der Waals surface area contributed by atoms with E-state index in [0.717, 1.165) is 38.9 Å². The average Bonchev–Trinajstić information content (AvgIpc) is 2.13. The van der Waals surface area contributed by atoms with Crippen LogP contribution >= 0.6 is 0 Å². The largest absolute Gasteiger partial charge is 0.393 e. The summed E-state index contributed by atoms with van der Waals surface area (Å²) >= 11 is 0. The summed E-state index contributed by atoms with van der Waals surface area (Å²) in [5.74, 6) is 0. The first-order valence-corrected chi connectivity index (χ1v) is 5.14. The average molecular weight is 190 g/mol. The molecule has 0 saturated heterocycles. The highest BCUT2D eigenvalue weighted by Gasteiger charge is 2.15. The lowest BCUT2D eigenvalue weighted by Crippen LogP contribution is -2.21. The van der Waals surface area contributed by atoms with Crippen LogP contribution in [-0.4, -0.2) is 35.6 Å². The minimum Gasteiger partial charge on any atom is -0.393 e. The van der Waals surface area contributed by atoms with E-state index in [4.69, 9.17) is 14.9 Å². The van der Waals surface area contributed by atoms with Crippen LogP contribution in [0.25, 0.3) is 0 Å². The maximum absolute atomic E-state index is 8.92. The van der Waals surface area contributed by atoms with Crippen LogP contribution in [0.1, 0.15) is 39.5 Å². The predicted octanol–water partition coefficient (Wildman–Crippen LogP) is 1.32. The fourth-order valence-corrected chi connectivity index (χ4v) is 1.26. The standard InChI is InChI=1S/C6H12O2.C4H10O/c7-5-1-2-6(8)4-3-5;1-3-5-4-2/h5-8H,1-4H2;3-4H2,1-2H3. The van der Waals surface area contributed by atoms with Crippen LogP contribution in [0.5, 0.6) is 0 Å². The van der Waals surface area contributed by atoms with Gasteiger partial charge in [0, 0.05) is 13.2 Å². The van der Waals surface area contributed by atoms with Crippen molar-refractivity contribution in [2.75, 3.05) is 13.2 Å². The Morgan fingerprint density at radius 3 is 1.38 bits per heavy atom. The Kier molecular flexibility index (Phi) is 8.40. The molecule has 0 aromatic carbocycles. The minimum absolute atomic E-state index is 0.140. The Hall–Kier alpha value is -0.120. The Bertz CT molecular complexity index is 86.3. The second-order valence-electron chi connectivity index (χ2n) is 3.24. The van der Waals surface area contributed by atoms with E-state index in [1.54, 1.807) is 0 Å². The molecular weight excluding hydrogens is 168 g/mol. The second kappa shape index (κ2) is 8.48. The number of rotatable bonds is 2. The zero-order valence-corrected chi connectivity index (χ0v) is 8.70. The van der Waals surface area contributed by atoms with Crippen molar-refractivity contribution < 1.29 is 14.9 Å². The summed E-state index contributed by atoms with van der Waals surface area (Å²) in [6, 6.07) is 0. The van der Waals surface area contributed by atoms with E-state index in [1.807, 2.05) is 13.8 Å². The molecule has 3 heteroatoms. The predicted molar refractivity (Wildman–Crippen MR) is 52.6 cm³/mol. The molecule has 1 aliphatic rings. The SMILES string of the molecule is CCOCC.OC1CCC(O)CC1. The highest BCUT2D eigenvalue weighted by atomic mass is 16.5. The third-order valence-electron chi connectivity index (χ3n) is 2.07. The number of aliphatic hydroxyl groups excluding tert-OH is 2. The van der Waals surface area contributed by atoms with E-state index in [1.165, 1.54) is 0 Å². The van der Waals surface area contributed by atoms with Gasteiger partial charge in [-0.2, -0.15) is 0 Å². The van der Waals surface area contributed by atoms with E-state index >= 15 is 0 Å². The van der Waals surface area contributed by atoms with Gasteiger partial charge in [-0.15, -0.1) is 0 Å². The number of aliphatic hydroxyl groups is 2. The van der Waals surface area contributed by atoms with Gasteiger partial charge in [-0.1, -0.05) is 0 Å². The molecule has 2 N–H and O–H groups in total. The molecule has 1 saturated carbocycles. The van der Waals surface area contributed by atoms with E-state index < -0.39 is 0 Å². The van der Waals surface area contributed by atoms with Crippen LogP contribution in [0.3, 0.4) is 0 Å². The van der Waals surface area contributed by atoms with Gasteiger partial charge in [0.2, 0.25) is 0 Å². The Morgan fingerprint density at radius 2 is 1.23 bits per heavy atom. The molecule has 0 radical (unpaired) electrons. The van der Waals surface area contributed by atoms with Crippen molar-refractivity contribution in [3.63, 3.8) is 0 Å². The minimum atomic E-state index is -0.140. The fraction of sp³-hybridized carbons (Fsp3) is 1.00. The van der Waals surface area contributed by atoms with Gasteiger partial charge in [0.1, 0.15) is 0 Å². The molecule has 0 aromatic rings. The zero-order chi connectivity index (χ0) is 10.1. The van der Waals surface area contributed by atoms with Crippen molar-refractivity contribution >= 4 is 0 Å². The molecule has 13 heavy (non-hydrogen) atoms. The first-order chi connectivity index (χ1) is 6.20. The summed E-state index contributed by atoms with van der Waals surface area (Å²) in [4.78, 5) is 0. The van der Waals surface area contributed by atoms with Crippen LogP contribution in [0.15, 0.2) is 0 Å². The highest BCUT2D eigenvalue weighted by Crippen LogP contribution is 2.17. The van der Waals surface area contributed by atoms with Crippen molar-refractivity contribution in [2.45, 2.75) is 51.7 Å². The molecule has 0 aliphatic heterocycles. The molecule has 0 spiro atoms. The van der Waals surface area contributed by atoms with Crippen LogP contribution < -0.4 is 0 Å². The lowest BCUT2D eigenvalue weighted by molar-refractivity contribution is 0.0541. The molecular formula is C10H22O3. The van der Waals surface area contributed by atoms with Crippen LogP contribution in [-0.2, 0) is 4.74 Å². The Morgan fingerprint density at radius 1 is 0.923 bits per heavy atom. The normalized spacial score (nSPS) is 27.7. The van der Waals surface area contributed by atoms with E-state index in [0.29, 0.717) is 0 Å². The number of ether oxygens (including phenoxy) is 1. The van der Waals surface area contributed by atoms with Gasteiger partial charge in [0.15, 0.2) is 0 Å². The van der Waals surface area contributed by atoms with Crippen molar-refractivity contribution in [1.82, 2.24) is 0 Å². The number of hydrogen-bond acceptors (Lipinski definition) is 3. The molecule has 0 heterocycles. The molecule has 1 aliphatic carbocycles. The van der Waals surface area contributed by atoms with Gasteiger partial charge in [0.05, 0.1) is 12.2 Å². The van der Waals surface area contributed by atoms with Gasteiger partial charge in [-0.3, -0.25) is 0 Å². The van der Waals surface area contributed by atoms with Gasteiger partial charge < -0.3 is 14.9 Å². The monoisotopic (exact) mass is 190 g/mol. The van der Waals surface area contributed by atoms with E-state index in [9.17, 15) is 0 Å². The molecule has 0 atom stereocenters. The molecule has 0 amide bonds.